The van der Waals surface area contributed by atoms with Gasteiger partial charge >= 0.3 is 0 Å². The van der Waals surface area contributed by atoms with Gasteiger partial charge in [-0.1, -0.05) is 36.7 Å². The molecule has 1 fully saturated rings. The second-order valence-electron chi connectivity index (χ2n) is 9.15. The Morgan fingerprint density at radius 1 is 1.19 bits per heavy atom. The van der Waals surface area contributed by atoms with Crippen LogP contribution in [0.4, 0.5) is 11.4 Å². The van der Waals surface area contributed by atoms with Crippen molar-refractivity contribution in [2.45, 2.75) is 45.6 Å². The van der Waals surface area contributed by atoms with Gasteiger partial charge in [-0.25, -0.2) is 0 Å². The van der Waals surface area contributed by atoms with Crippen LogP contribution < -0.4 is 15.1 Å². The van der Waals surface area contributed by atoms with E-state index in [4.69, 9.17) is 23.8 Å². The molecule has 0 aromatic heterocycles. The molecule has 2 aromatic carbocycles. The van der Waals surface area contributed by atoms with Crippen LogP contribution in [-0.2, 0) is 9.59 Å². The lowest BCUT2D eigenvalue weighted by molar-refractivity contribution is -0.122. The van der Waals surface area contributed by atoms with Crippen LogP contribution in [0, 0.1) is 6.92 Å². The normalized spacial score (nSPS) is 21.6. The van der Waals surface area contributed by atoms with Crippen LogP contribution in [0.15, 0.2) is 42.0 Å². The Balaban J connectivity index is 1.79. The smallest absolute Gasteiger partial charge is 0.270 e. The number of fused-ring (bicyclic) bond motifs is 1. The number of thiocarbonyl (C=S) groups is 1. The number of hydrogen-bond donors (Lipinski definition) is 1. The zero-order valence-corrected chi connectivity index (χ0v) is 20.4. The molecule has 1 unspecified atom stereocenters. The third-order valence-corrected chi connectivity index (χ3v) is 7.12. The van der Waals surface area contributed by atoms with Gasteiger partial charge in [-0.05, 0) is 86.3 Å². The molecule has 0 saturated carbocycles. The van der Waals surface area contributed by atoms with Crippen molar-refractivity contribution >= 4 is 58.2 Å². The van der Waals surface area contributed by atoms with Gasteiger partial charge in [-0.3, -0.25) is 19.8 Å². The zero-order valence-electron chi connectivity index (χ0n) is 18.8. The van der Waals surface area contributed by atoms with Crippen molar-refractivity contribution in [2.24, 2.45) is 0 Å². The third kappa shape index (κ3) is 3.71. The summed E-state index contributed by atoms with van der Waals surface area (Å²) in [6.45, 7) is 8.51. The monoisotopic (exact) mass is 467 g/mol. The summed E-state index contributed by atoms with van der Waals surface area (Å²) in [5, 5.41) is 3.20. The number of rotatable bonds is 2. The van der Waals surface area contributed by atoms with E-state index in [1.165, 1.54) is 4.90 Å². The SMILES string of the molecule is Cc1ccccc1N1C(=O)/C(=C/c2cc3c(cc2Cl)N(C)C(C)(C)CC3C)C(=O)NC1=S. The molecule has 1 atom stereocenters. The van der Waals surface area contributed by atoms with Gasteiger partial charge in [0.05, 0.1) is 5.69 Å². The number of para-hydroxylation sites is 1. The number of halogens is 1. The highest BCUT2D eigenvalue weighted by molar-refractivity contribution is 7.80. The number of carbonyl (C=O) groups is 2. The zero-order chi connectivity index (χ0) is 23.4. The van der Waals surface area contributed by atoms with E-state index >= 15 is 0 Å². The maximum atomic E-state index is 13.4. The lowest BCUT2D eigenvalue weighted by atomic mass is 9.80. The molecule has 2 aliphatic rings. The second kappa shape index (κ2) is 8.01. The maximum absolute atomic E-state index is 13.4. The Bertz CT molecular complexity index is 1190. The van der Waals surface area contributed by atoms with Gasteiger partial charge in [-0.2, -0.15) is 0 Å². The molecule has 0 radical (unpaired) electrons. The predicted molar refractivity (Wildman–Crippen MR) is 134 cm³/mol. The summed E-state index contributed by atoms with van der Waals surface area (Å²) in [5.41, 5.74) is 4.40. The Labute approximate surface area is 199 Å². The molecule has 0 bridgehead atoms. The van der Waals surface area contributed by atoms with Crippen LogP contribution >= 0.6 is 23.8 Å². The first-order chi connectivity index (χ1) is 15.0. The Kier molecular flexibility index (Phi) is 5.63. The third-order valence-electron chi connectivity index (χ3n) is 6.51. The molecule has 0 spiro atoms. The fourth-order valence-electron chi connectivity index (χ4n) is 4.56. The summed E-state index contributed by atoms with van der Waals surface area (Å²) in [6.07, 6.45) is 2.56. The molecule has 0 aliphatic carbocycles. The predicted octanol–water partition coefficient (Wildman–Crippen LogP) is 5.20. The topological polar surface area (TPSA) is 52.7 Å². The average molecular weight is 468 g/mol. The van der Waals surface area contributed by atoms with Gasteiger partial charge in [0.1, 0.15) is 5.57 Å². The van der Waals surface area contributed by atoms with E-state index in [0.717, 1.165) is 23.2 Å². The molecule has 2 aliphatic heterocycles. The fourth-order valence-corrected chi connectivity index (χ4v) is 5.05. The van der Waals surface area contributed by atoms with Gasteiger partial charge in [0.15, 0.2) is 5.11 Å². The van der Waals surface area contributed by atoms with E-state index in [1.54, 1.807) is 12.1 Å². The van der Waals surface area contributed by atoms with E-state index in [0.29, 0.717) is 22.2 Å². The first-order valence-electron chi connectivity index (χ1n) is 10.6. The molecule has 2 heterocycles. The van der Waals surface area contributed by atoms with Crippen molar-refractivity contribution in [3.63, 3.8) is 0 Å². The van der Waals surface area contributed by atoms with E-state index < -0.39 is 11.8 Å². The van der Waals surface area contributed by atoms with Crippen molar-refractivity contribution in [2.75, 3.05) is 16.8 Å². The van der Waals surface area contributed by atoms with Crippen LogP contribution in [0.2, 0.25) is 5.02 Å². The average Bonchev–Trinajstić information content (AvgIpc) is 2.71. The number of benzene rings is 2. The molecule has 1 saturated heterocycles. The van der Waals surface area contributed by atoms with Crippen LogP contribution in [0.1, 0.15) is 49.8 Å². The van der Waals surface area contributed by atoms with Gasteiger partial charge < -0.3 is 4.90 Å². The van der Waals surface area contributed by atoms with Crippen molar-refractivity contribution in [3.05, 3.63) is 63.7 Å². The highest BCUT2D eigenvalue weighted by Gasteiger charge is 2.37. The van der Waals surface area contributed by atoms with Crippen molar-refractivity contribution < 1.29 is 9.59 Å². The number of anilines is 2. The summed E-state index contributed by atoms with van der Waals surface area (Å²) in [6, 6.07) is 11.3. The van der Waals surface area contributed by atoms with Crippen molar-refractivity contribution in [3.8, 4) is 0 Å². The standard InChI is InChI=1S/C25H26ClN3O2S/c1-14-8-6-7-9-20(14)29-23(31)18(22(30)27-24(29)32)11-16-10-17-15(2)13-25(3,4)28(5)21(17)12-19(16)26/h6-12,15H,13H2,1-5H3,(H,27,30,32)/b18-11+. The lowest BCUT2D eigenvalue weighted by Crippen LogP contribution is -2.54. The summed E-state index contributed by atoms with van der Waals surface area (Å²) >= 11 is 11.9. The minimum atomic E-state index is -0.523. The number of amides is 2. The molecule has 32 heavy (non-hydrogen) atoms. The number of hydrogen-bond acceptors (Lipinski definition) is 4. The summed E-state index contributed by atoms with van der Waals surface area (Å²) < 4.78 is 0. The summed E-state index contributed by atoms with van der Waals surface area (Å²) in [4.78, 5) is 29.7. The first kappa shape index (κ1) is 22.5. The number of nitrogens with zero attached hydrogens (tertiary/aromatic N) is 2. The molecular formula is C25H26ClN3O2S. The number of aryl methyl sites for hydroxylation is 1. The molecule has 7 heteroatoms. The van der Waals surface area contributed by atoms with Crippen LogP contribution in [0.3, 0.4) is 0 Å². The molecule has 4 rings (SSSR count). The maximum Gasteiger partial charge on any atom is 0.270 e. The Morgan fingerprint density at radius 2 is 1.88 bits per heavy atom. The number of nitrogens with one attached hydrogen (secondary N) is 1. The minimum Gasteiger partial charge on any atom is -0.369 e. The summed E-state index contributed by atoms with van der Waals surface area (Å²) in [5.74, 6) is -0.671. The van der Waals surface area contributed by atoms with Crippen LogP contribution in [0.5, 0.6) is 0 Å². The molecule has 2 aromatic rings. The lowest BCUT2D eigenvalue weighted by Gasteiger charge is -2.45. The first-order valence-corrected chi connectivity index (χ1v) is 11.3. The fraction of sp³-hybridized carbons (Fsp3) is 0.320. The Morgan fingerprint density at radius 3 is 2.56 bits per heavy atom. The quantitative estimate of drug-likeness (QED) is 0.374. The van der Waals surface area contributed by atoms with Crippen molar-refractivity contribution in [1.82, 2.24) is 5.32 Å². The van der Waals surface area contributed by atoms with Gasteiger partial charge in [0.2, 0.25) is 0 Å². The van der Waals surface area contributed by atoms with Crippen LogP contribution in [0.25, 0.3) is 6.08 Å². The Hall–Kier alpha value is -2.70. The largest absolute Gasteiger partial charge is 0.369 e. The highest BCUT2D eigenvalue weighted by Crippen LogP contribution is 2.44. The van der Waals surface area contributed by atoms with Gasteiger partial charge in [-0.15, -0.1) is 0 Å². The highest BCUT2D eigenvalue weighted by atomic mass is 35.5. The summed E-state index contributed by atoms with van der Waals surface area (Å²) in [7, 11) is 2.07. The molecule has 5 nitrogen and oxygen atoms in total. The molecule has 2 amide bonds. The number of carbonyl (C=O) groups excluding carboxylic acids is 2. The van der Waals surface area contributed by atoms with Crippen LogP contribution in [-0.4, -0.2) is 29.5 Å². The van der Waals surface area contributed by atoms with E-state index in [-0.39, 0.29) is 16.2 Å². The van der Waals surface area contributed by atoms with Gasteiger partial charge in [0, 0.05) is 23.3 Å². The minimum absolute atomic E-state index is 0.000787. The van der Waals surface area contributed by atoms with E-state index in [1.807, 2.05) is 37.3 Å². The molecule has 1 N–H and O–H groups in total. The van der Waals surface area contributed by atoms with Gasteiger partial charge in [0.25, 0.3) is 11.8 Å². The van der Waals surface area contributed by atoms with E-state index in [9.17, 15) is 9.59 Å². The molecule has 166 valence electrons. The second-order valence-corrected chi connectivity index (χ2v) is 9.95. The van der Waals surface area contributed by atoms with E-state index in [2.05, 4.69) is 38.0 Å². The molecular weight excluding hydrogens is 442 g/mol. The van der Waals surface area contributed by atoms with Crippen molar-refractivity contribution in [1.29, 1.82) is 0 Å².